The van der Waals surface area contributed by atoms with Crippen LogP contribution in [-0.4, -0.2) is 33.3 Å². The number of carbonyl (C=O) groups is 1. The van der Waals surface area contributed by atoms with E-state index in [9.17, 15) is 4.79 Å². The Morgan fingerprint density at radius 2 is 1.54 bits per heavy atom. The van der Waals surface area contributed by atoms with Crippen LogP contribution in [0.3, 0.4) is 0 Å². The topological polar surface area (TPSA) is 66.0 Å². The summed E-state index contributed by atoms with van der Waals surface area (Å²) >= 11 is 6.17. The predicted octanol–water partition coefficient (Wildman–Crippen LogP) is 4.07. The van der Waals surface area contributed by atoms with E-state index in [0.717, 1.165) is 16.7 Å². The molecule has 7 heteroatoms. The molecular formula is C21H26ClNO5. The molecule has 2 rings (SSSR count). The number of aryl methyl sites for hydroxylation is 2. The average Bonchev–Trinajstić information content (AvgIpc) is 2.68. The molecule has 2 aromatic carbocycles. The van der Waals surface area contributed by atoms with E-state index in [1.165, 1.54) is 0 Å². The zero-order valence-corrected chi connectivity index (χ0v) is 17.8. The largest absolute Gasteiger partial charge is 0.493 e. The second kappa shape index (κ2) is 9.55. The minimum absolute atomic E-state index is 0.237. The van der Waals surface area contributed by atoms with Crippen LogP contribution in [0.4, 0.5) is 0 Å². The van der Waals surface area contributed by atoms with E-state index in [0.29, 0.717) is 34.6 Å². The summed E-state index contributed by atoms with van der Waals surface area (Å²) in [5, 5.41) is 3.56. The van der Waals surface area contributed by atoms with Gasteiger partial charge in [0.05, 0.1) is 21.3 Å². The van der Waals surface area contributed by atoms with Crippen molar-refractivity contribution in [3.8, 4) is 23.0 Å². The Morgan fingerprint density at radius 1 is 1.00 bits per heavy atom. The molecule has 0 aromatic heterocycles. The number of hydrogen-bond acceptors (Lipinski definition) is 5. The molecule has 2 aromatic rings. The molecule has 0 saturated heterocycles. The fourth-order valence-corrected chi connectivity index (χ4v) is 2.91. The quantitative estimate of drug-likeness (QED) is 0.714. The van der Waals surface area contributed by atoms with Crippen LogP contribution in [0.5, 0.6) is 23.0 Å². The van der Waals surface area contributed by atoms with Crippen molar-refractivity contribution in [1.29, 1.82) is 0 Å². The highest BCUT2D eigenvalue weighted by molar-refractivity contribution is 6.32. The van der Waals surface area contributed by atoms with Gasteiger partial charge in [-0.1, -0.05) is 11.6 Å². The smallest absolute Gasteiger partial charge is 0.261 e. The fourth-order valence-electron chi connectivity index (χ4n) is 2.80. The average molecular weight is 408 g/mol. The Labute approximate surface area is 170 Å². The van der Waals surface area contributed by atoms with Gasteiger partial charge in [0.1, 0.15) is 5.75 Å². The molecular weight excluding hydrogens is 382 g/mol. The number of methoxy groups -OCH3 is 3. The van der Waals surface area contributed by atoms with Crippen molar-refractivity contribution >= 4 is 17.5 Å². The Morgan fingerprint density at radius 3 is 2.00 bits per heavy atom. The van der Waals surface area contributed by atoms with Crippen molar-refractivity contribution in [2.24, 2.45) is 0 Å². The summed E-state index contributed by atoms with van der Waals surface area (Å²) in [4.78, 5) is 12.4. The molecule has 1 N–H and O–H groups in total. The van der Waals surface area contributed by atoms with Crippen molar-refractivity contribution < 1.29 is 23.7 Å². The van der Waals surface area contributed by atoms with Crippen LogP contribution in [0.1, 0.15) is 23.6 Å². The van der Waals surface area contributed by atoms with Gasteiger partial charge in [-0.15, -0.1) is 0 Å². The maximum atomic E-state index is 12.4. The minimum atomic E-state index is -0.665. The lowest BCUT2D eigenvalue weighted by molar-refractivity contribution is -0.127. The normalized spacial score (nSPS) is 11.5. The van der Waals surface area contributed by atoms with E-state index >= 15 is 0 Å². The molecule has 0 radical (unpaired) electrons. The van der Waals surface area contributed by atoms with Crippen LogP contribution in [0.15, 0.2) is 24.3 Å². The van der Waals surface area contributed by atoms with Crippen molar-refractivity contribution in [2.75, 3.05) is 21.3 Å². The molecule has 0 spiro atoms. The Kier molecular flexibility index (Phi) is 7.40. The van der Waals surface area contributed by atoms with Crippen LogP contribution in [0.25, 0.3) is 0 Å². The van der Waals surface area contributed by atoms with Crippen molar-refractivity contribution in [3.63, 3.8) is 0 Å². The first-order chi connectivity index (χ1) is 13.3. The Bertz CT molecular complexity index is 805. The zero-order valence-electron chi connectivity index (χ0n) is 17.0. The predicted molar refractivity (Wildman–Crippen MR) is 109 cm³/mol. The Balaban J connectivity index is 2.05. The van der Waals surface area contributed by atoms with E-state index in [2.05, 4.69) is 5.32 Å². The molecule has 0 aliphatic heterocycles. The third kappa shape index (κ3) is 5.01. The lowest BCUT2D eigenvalue weighted by Gasteiger charge is -2.17. The molecule has 1 amide bonds. The lowest BCUT2D eigenvalue weighted by Crippen LogP contribution is -2.35. The number of halogens is 1. The molecule has 28 heavy (non-hydrogen) atoms. The first-order valence-electron chi connectivity index (χ1n) is 8.80. The van der Waals surface area contributed by atoms with Crippen LogP contribution in [0.2, 0.25) is 5.02 Å². The third-order valence-electron chi connectivity index (χ3n) is 4.28. The third-order valence-corrected chi connectivity index (χ3v) is 4.88. The van der Waals surface area contributed by atoms with Crippen molar-refractivity contribution in [2.45, 2.75) is 33.4 Å². The SMILES string of the molecule is COc1cc(CNC(=O)[C@@H](C)Oc2cc(C)c(Cl)c(C)c2)cc(OC)c1OC. The van der Waals surface area contributed by atoms with E-state index < -0.39 is 6.10 Å². The molecule has 0 aliphatic rings. The van der Waals surface area contributed by atoms with Gasteiger partial charge in [-0.2, -0.15) is 0 Å². The number of nitrogens with one attached hydrogen (secondary N) is 1. The number of ether oxygens (including phenoxy) is 4. The van der Waals surface area contributed by atoms with E-state index in [-0.39, 0.29) is 5.91 Å². The van der Waals surface area contributed by atoms with Gasteiger partial charge in [-0.3, -0.25) is 4.79 Å². The fraction of sp³-hybridized carbons (Fsp3) is 0.381. The summed E-state index contributed by atoms with van der Waals surface area (Å²) in [5.41, 5.74) is 2.62. The number of amides is 1. The number of carbonyl (C=O) groups excluding carboxylic acids is 1. The number of rotatable bonds is 8. The molecule has 0 heterocycles. The summed E-state index contributed by atoms with van der Waals surface area (Å²) in [6.07, 6.45) is -0.665. The first kappa shape index (κ1) is 21.7. The van der Waals surface area contributed by atoms with Crippen LogP contribution >= 0.6 is 11.6 Å². The van der Waals surface area contributed by atoms with Crippen LogP contribution in [0, 0.1) is 13.8 Å². The van der Waals surface area contributed by atoms with Gasteiger partial charge in [0.2, 0.25) is 5.75 Å². The summed E-state index contributed by atoms with van der Waals surface area (Å²) in [5.74, 6) is 1.93. The van der Waals surface area contributed by atoms with Crippen LogP contribution < -0.4 is 24.3 Å². The molecule has 0 bridgehead atoms. The number of benzene rings is 2. The van der Waals surface area contributed by atoms with E-state index in [1.54, 1.807) is 40.4 Å². The standard InChI is InChI=1S/C21H26ClNO5/c1-12-7-16(8-13(2)19(12)22)28-14(3)21(24)23-11-15-9-17(25-4)20(27-6)18(10-15)26-5/h7-10,14H,11H2,1-6H3,(H,23,24)/t14-/m1/s1. The highest BCUT2D eigenvalue weighted by atomic mass is 35.5. The van der Waals surface area contributed by atoms with Gasteiger partial charge in [-0.05, 0) is 61.7 Å². The molecule has 6 nitrogen and oxygen atoms in total. The monoisotopic (exact) mass is 407 g/mol. The van der Waals surface area contributed by atoms with Gasteiger partial charge in [-0.25, -0.2) is 0 Å². The maximum Gasteiger partial charge on any atom is 0.261 e. The highest BCUT2D eigenvalue weighted by Gasteiger charge is 2.17. The highest BCUT2D eigenvalue weighted by Crippen LogP contribution is 2.38. The summed E-state index contributed by atoms with van der Waals surface area (Å²) in [6, 6.07) is 7.22. The second-order valence-electron chi connectivity index (χ2n) is 6.38. The second-order valence-corrected chi connectivity index (χ2v) is 6.76. The van der Waals surface area contributed by atoms with Gasteiger partial charge in [0.25, 0.3) is 5.91 Å². The summed E-state index contributed by atoms with van der Waals surface area (Å²) < 4.78 is 21.7. The molecule has 1 atom stereocenters. The minimum Gasteiger partial charge on any atom is -0.493 e. The van der Waals surface area contributed by atoms with E-state index in [4.69, 9.17) is 30.5 Å². The van der Waals surface area contributed by atoms with Crippen LogP contribution in [-0.2, 0) is 11.3 Å². The Hall–Kier alpha value is -2.60. The molecule has 0 saturated carbocycles. The van der Waals surface area contributed by atoms with Gasteiger partial charge in [0, 0.05) is 11.6 Å². The van der Waals surface area contributed by atoms with E-state index in [1.807, 2.05) is 26.0 Å². The van der Waals surface area contributed by atoms with Crippen molar-refractivity contribution in [3.05, 3.63) is 46.0 Å². The maximum absolute atomic E-state index is 12.4. The molecule has 0 unspecified atom stereocenters. The lowest BCUT2D eigenvalue weighted by atomic mass is 10.1. The van der Waals surface area contributed by atoms with Gasteiger partial charge >= 0.3 is 0 Å². The first-order valence-corrected chi connectivity index (χ1v) is 9.18. The molecule has 0 aliphatic carbocycles. The number of hydrogen-bond donors (Lipinski definition) is 1. The zero-order chi connectivity index (χ0) is 20.8. The van der Waals surface area contributed by atoms with Gasteiger partial charge in [0.15, 0.2) is 17.6 Å². The van der Waals surface area contributed by atoms with Crippen molar-refractivity contribution in [1.82, 2.24) is 5.32 Å². The summed E-state index contributed by atoms with van der Waals surface area (Å²) in [6.45, 7) is 5.79. The summed E-state index contributed by atoms with van der Waals surface area (Å²) in [7, 11) is 4.64. The van der Waals surface area contributed by atoms with Gasteiger partial charge < -0.3 is 24.3 Å². The molecule has 152 valence electrons. The molecule has 0 fully saturated rings.